The van der Waals surface area contributed by atoms with Crippen LogP contribution in [0.25, 0.3) is 0 Å². The fraction of sp³-hybridized carbons (Fsp3) is 0.524. The first-order valence-corrected chi connectivity index (χ1v) is 11.1. The van der Waals surface area contributed by atoms with Crippen molar-refractivity contribution in [1.29, 1.82) is 0 Å². The Kier molecular flexibility index (Phi) is 9.66. The summed E-state index contributed by atoms with van der Waals surface area (Å²) >= 11 is 1.39. The van der Waals surface area contributed by atoms with Gasteiger partial charge in [-0.3, -0.25) is 4.99 Å². The molecule has 1 atom stereocenters. The molecule has 1 aliphatic rings. The summed E-state index contributed by atoms with van der Waals surface area (Å²) in [6, 6.07) is 6.43. The van der Waals surface area contributed by atoms with Gasteiger partial charge in [0.15, 0.2) is 6.04 Å². The molecule has 1 aliphatic heterocycles. The third kappa shape index (κ3) is 7.05. The number of carboxylic acids is 1. The minimum absolute atomic E-state index is 0.0214. The summed E-state index contributed by atoms with van der Waals surface area (Å²) in [4.78, 5) is 41.0. The molecule has 1 unspecified atom stereocenters. The molecular weight excluding hydrogens is 408 g/mol. The van der Waals surface area contributed by atoms with Gasteiger partial charge in [-0.05, 0) is 18.4 Å². The molecule has 2 amide bonds. The van der Waals surface area contributed by atoms with E-state index in [1.807, 2.05) is 13.8 Å². The molecule has 0 fully saturated rings. The number of unbranched alkanes of at least 4 members (excludes halogenated alkanes) is 2. The Morgan fingerprint density at radius 3 is 2.10 bits per heavy atom. The number of carbonyl (C=O) groups excluding carboxylic acids is 2. The summed E-state index contributed by atoms with van der Waals surface area (Å²) in [6.07, 6.45) is 1.73. The highest BCUT2D eigenvalue weighted by molar-refractivity contribution is 8.14. The summed E-state index contributed by atoms with van der Waals surface area (Å²) in [5.41, 5.74) is 1.52. The number of thioether (sulfide) groups is 1. The summed E-state index contributed by atoms with van der Waals surface area (Å²) in [5.74, 6) is -0.527. The highest BCUT2D eigenvalue weighted by Crippen LogP contribution is 2.24. The Morgan fingerprint density at radius 2 is 1.63 bits per heavy atom. The molecule has 1 N–H and O–H groups in total. The lowest BCUT2D eigenvalue weighted by atomic mass is 10.1. The third-order valence-corrected chi connectivity index (χ3v) is 5.46. The molecule has 0 saturated heterocycles. The van der Waals surface area contributed by atoms with Crippen LogP contribution in [0.3, 0.4) is 0 Å². The topological polar surface area (TPSA) is 106 Å². The molecule has 1 aromatic carbocycles. The van der Waals surface area contributed by atoms with Gasteiger partial charge >= 0.3 is 18.2 Å². The molecule has 0 saturated carbocycles. The average molecular weight is 437 g/mol. The van der Waals surface area contributed by atoms with Gasteiger partial charge in [-0.15, -0.1) is 11.8 Å². The first-order chi connectivity index (χ1) is 14.5. The molecule has 0 aromatic heterocycles. The van der Waals surface area contributed by atoms with E-state index in [2.05, 4.69) is 4.99 Å². The van der Waals surface area contributed by atoms with E-state index in [0.29, 0.717) is 10.8 Å². The predicted octanol–water partition coefficient (Wildman–Crippen LogP) is 4.31. The maximum Gasteiger partial charge on any atom is 0.419 e. The van der Waals surface area contributed by atoms with Crippen LogP contribution in [0.4, 0.5) is 9.59 Å². The zero-order chi connectivity index (χ0) is 21.9. The van der Waals surface area contributed by atoms with Crippen LogP contribution in [0, 0.1) is 0 Å². The lowest BCUT2D eigenvalue weighted by Crippen LogP contribution is -2.37. The van der Waals surface area contributed by atoms with Gasteiger partial charge in [0.2, 0.25) is 0 Å². The predicted molar refractivity (Wildman–Crippen MR) is 115 cm³/mol. The van der Waals surface area contributed by atoms with Gasteiger partial charge in [0.25, 0.3) is 0 Å². The third-order valence-electron chi connectivity index (χ3n) is 4.37. The largest absolute Gasteiger partial charge is 0.480 e. The van der Waals surface area contributed by atoms with Gasteiger partial charge in [0.05, 0.1) is 24.8 Å². The summed E-state index contributed by atoms with van der Waals surface area (Å²) in [5, 5.41) is 9.74. The molecule has 0 bridgehead atoms. The summed E-state index contributed by atoms with van der Waals surface area (Å²) in [7, 11) is 0. The van der Waals surface area contributed by atoms with Crippen molar-refractivity contribution in [2.75, 3.05) is 19.0 Å². The maximum absolute atomic E-state index is 12.4. The van der Waals surface area contributed by atoms with E-state index in [1.54, 1.807) is 24.3 Å². The summed E-state index contributed by atoms with van der Waals surface area (Å²) < 4.78 is 10.4. The highest BCUT2D eigenvalue weighted by Gasteiger charge is 2.26. The molecule has 9 heteroatoms. The second-order valence-corrected chi connectivity index (χ2v) is 7.83. The number of ether oxygens (including phenoxy) is 2. The molecule has 0 spiro atoms. The quantitative estimate of drug-likeness (QED) is 0.545. The number of carbonyl (C=O) groups is 3. The zero-order valence-electron chi connectivity index (χ0n) is 17.3. The van der Waals surface area contributed by atoms with Crippen molar-refractivity contribution in [1.82, 2.24) is 4.90 Å². The first-order valence-electron chi connectivity index (χ1n) is 10.1. The van der Waals surface area contributed by atoms with Crippen molar-refractivity contribution in [2.24, 2.45) is 4.99 Å². The number of nitrogens with zero attached hydrogens (tertiary/aromatic N) is 2. The van der Waals surface area contributed by atoms with E-state index in [4.69, 9.17) is 14.6 Å². The van der Waals surface area contributed by atoms with E-state index < -0.39 is 24.2 Å². The van der Waals surface area contributed by atoms with E-state index in [0.717, 1.165) is 41.7 Å². The second-order valence-electron chi connectivity index (χ2n) is 6.82. The van der Waals surface area contributed by atoms with Crippen LogP contribution in [0.2, 0.25) is 0 Å². The Hall–Kier alpha value is -2.55. The Balaban J connectivity index is 2.06. The Labute approximate surface area is 180 Å². The minimum Gasteiger partial charge on any atom is -0.480 e. The average Bonchev–Trinajstić information content (AvgIpc) is 3.23. The van der Waals surface area contributed by atoms with Crippen molar-refractivity contribution < 1.29 is 29.0 Å². The molecule has 30 heavy (non-hydrogen) atoms. The number of aliphatic carboxylic acids is 1. The SMILES string of the molecule is CCCCOC(=O)N(Cc1ccc(C2=NC(C(=O)O)CS2)cc1)C(=O)OCCCC. The Morgan fingerprint density at radius 1 is 1.07 bits per heavy atom. The van der Waals surface area contributed by atoms with Crippen LogP contribution in [0.5, 0.6) is 0 Å². The van der Waals surface area contributed by atoms with Crippen molar-refractivity contribution in [3.05, 3.63) is 35.4 Å². The van der Waals surface area contributed by atoms with Gasteiger partial charge < -0.3 is 14.6 Å². The number of aliphatic imine (C=N–C) groups is 1. The zero-order valence-corrected chi connectivity index (χ0v) is 18.2. The van der Waals surface area contributed by atoms with Gasteiger partial charge in [0, 0.05) is 11.3 Å². The lowest BCUT2D eigenvalue weighted by molar-refractivity contribution is -0.137. The number of imide groups is 1. The minimum atomic E-state index is -0.937. The maximum atomic E-state index is 12.4. The molecule has 8 nitrogen and oxygen atoms in total. The molecule has 1 aromatic rings. The number of rotatable bonds is 10. The van der Waals surface area contributed by atoms with Crippen molar-refractivity contribution >= 4 is 35.0 Å². The Bertz CT molecular complexity index is 743. The van der Waals surface area contributed by atoms with Crippen LogP contribution < -0.4 is 0 Å². The smallest absolute Gasteiger partial charge is 0.419 e. The second kappa shape index (κ2) is 12.2. The number of benzene rings is 1. The van der Waals surface area contributed by atoms with Gasteiger partial charge in [-0.1, -0.05) is 51.0 Å². The van der Waals surface area contributed by atoms with Crippen molar-refractivity contribution in [2.45, 2.75) is 52.1 Å². The van der Waals surface area contributed by atoms with Gasteiger partial charge in [-0.25, -0.2) is 19.3 Å². The standard InChI is InChI=1S/C21H28N2O6S/c1-3-5-11-28-20(26)23(21(27)29-12-6-4-2)13-15-7-9-16(10-8-15)18-22-17(14-30-18)19(24)25/h7-10,17H,3-6,11-14H2,1-2H3,(H,24,25). The monoisotopic (exact) mass is 436 g/mol. The molecule has 1 heterocycles. The summed E-state index contributed by atoms with van der Waals surface area (Å²) in [6.45, 7) is 4.48. The van der Waals surface area contributed by atoms with Crippen molar-refractivity contribution in [3.63, 3.8) is 0 Å². The van der Waals surface area contributed by atoms with Crippen molar-refractivity contribution in [3.8, 4) is 0 Å². The molecule has 0 radical (unpaired) electrons. The van der Waals surface area contributed by atoms with Crippen LogP contribution in [0.1, 0.15) is 50.7 Å². The van der Waals surface area contributed by atoms with E-state index >= 15 is 0 Å². The van der Waals surface area contributed by atoms with E-state index in [-0.39, 0.29) is 19.8 Å². The highest BCUT2D eigenvalue weighted by atomic mass is 32.2. The number of amides is 2. The van der Waals surface area contributed by atoms with Crippen LogP contribution >= 0.6 is 11.8 Å². The molecule has 2 rings (SSSR count). The van der Waals surface area contributed by atoms with Crippen LogP contribution in [-0.4, -0.2) is 58.2 Å². The van der Waals surface area contributed by atoms with Gasteiger partial charge in [-0.2, -0.15) is 0 Å². The van der Waals surface area contributed by atoms with E-state index in [9.17, 15) is 14.4 Å². The lowest BCUT2D eigenvalue weighted by Gasteiger charge is -2.20. The fourth-order valence-corrected chi connectivity index (χ4v) is 3.60. The number of carboxylic acid groups (broad SMARTS) is 1. The fourth-order valence-electron chi connectivity index (χ4n) is 2.56. The van der Waals surface area contributed by atoms with Crippen LogP contribution in [0.15, 0.2) is 29.3 Å². The van der Waals surface area contributed by atoms with Gasteiger partial charge in [0.1, 0.15) is 0 Å². The normalized spacial score (nSPS) is 15.4. The first kappa shape index (κ1) is 23.7. The van der Waals surface area contributed by atoms with E-state index in [1.165, 1.54) is 11.8 Å². The number of hydrogen-bond donors (Lipinski definition) is 1. The molecule has 0 aliphatic carbocycles. The molecule has 164 valence electrons. The van der Waals surface area contributed by atoms with Crippen LogP contribution in [-0.2, 0) is 20.8 Å². The molecular formula is C21H28N2O6S. The number of hydrogen-bond acceptors (Lipinski definition) is 7.